The second kappa shape index (κ2) is 5.07. The van der Waals surface area contributed by atoms with Crippen molar-refractivity contribution < 1.29 is 4.79 Å². The van der Waals surface area contributed by atoms with Crippen molar-refractivity contribution in [1.29, 1.82) is 0 Å². The highest BCUT2D eigenvalue weighted by molar-refractivity contribution is 7.09. The first kappa shape index (κ1) is 11.1. The smallest absolute Gasteiger partial charge is 0.236 e. The summed E-state index contributed by atoms with van der Waals surface area (Å²) in [7, 11) is 1.63. The lowest BCUT2D eigenvalue weighted by molar-refractivity contribution is -0.122. The molecule has 1 rings (SSSR count). The number of hydrogen-bond donors (Lipinski definition) is 2. The van der Waals surface area contributed by atoms with Crippen LogP contribution >= 0.6 is 11.3 Å². The molecule has 0 aliphatic heterocycles. The van der Waals surface area contributed by atoms with E-state index in [9.17, 15) is 4.79 Å². The molecule has 0 bridgehead atoms. The molecule has 1 aromatic heterocycles. The van der Waals surface area contributed by atoms with E-state index in [4.69, 9.17) is 0 Å². The normalized spacial score (nSPS) is 12.5. The van der Waals surface area contributed by atoms with Crippen LogP contribution in [0.15, 0.2) is 5.38 Å². The van der Waals surface area contributed by atoms with E-state index in [1.54, 1.807) is 18.4 Å². The molecular formula is C9H15N3OS. The molecule has 0 unspecified atom stereocenters. The van der Waals surface area contributed by atoms with Gasteiger partial charge in [0.1, 0.15) is 5.01 Å². The summed E-state index contributed by atoms with van der Waals surface area (Å²) >= 11 is 1.61. The van der Waals surface area contributed by atoms with Crippen LogP contribution in [0, 0.1) is 6.92 Å². The van der Waals surface area contributed by atoms with E-state index in [0.29, 0.717) is 6.54 Å². The molecule has 78 valence electrons. The Morgan fingerprint density at radius 3 is 2.93 bits per heavy atom. The van der Waals surface area contributed by atoms with Gasteiger partial charge in [-0.15, -0.1) is 11.3 Å². The van der Waals surface area contributed by atoms with Crippen LogP contribution in [-0.4, -0.2) is 24.0 Å². The van der Waals surface area contributed by atoms with Crippen molar-refractivity contribution in [2.24, 2.45) is 0 Å². The van der Waals surface area contributed by atoms with E-state index in [1.165, 1.54) is 0 Å². The summed E-state index contributed by atoms with van der Waals surface area (Å²) in [6.45, 7) is 4.44. The maximum atomic E-state index is 11.1. The van der Waals surface area contributed by atoms with Crippen molar-refractivity contribution >= 4 is 17.2 Å². The Kier molecular flexibility index (Phi) is 4.03. The molecule has 1 atom stereocenters. The Bertz CT molecular complexity index is 311. The summed E-state index contributed by atoms with van der Waals surface area (Å²) in [5.41, 5.74) is 1.03. The average molecular weight is 213 g/mol. The van der Waals surface area contributed by atoms with Crippen LogP contribution < -0.4 is 10.6 Å². The third kappa shape index (κ3) is 3.08. The Morgan fingerprint density at radius 1 is 1.71 bits per heavy atom. The largest absolute Gasteiger partial charge is 0.358 e. The molecule has 0 aliphatic carbocycles. The summed E-state index contributed by atoms with van der Waals surface area (Å²) in [5, 5.41) is 8.70. The van der Waals surface area contributed by atoms with Gasteiger partial charge < -0.3 is 5.32 Å². The van der Waals surface area contributed by atoms with Crippen LogP contribution in [0.2, 0.25) is 0 Å². The summed E-state index contributed by atoms with van der Waals surface area (Å²) in [4.78, 5) is 15.4. The predicted octanol–water partition coefficient (Wildman–Crippen LogP) is 0.676. The van der Waals surface area contributed by atoms with Gasteiger partial charge in [0.05, 0.1) is 6.04 Å². The molecule has 0 saturated carbocycles. The first-order valence-corrected chi connectivity index (χ1v) is 5.37. The minimum absolute atomic E-state index is 0.00159. The first-order valence-electron chi connectivity index (χ1n) is 4.49. The van der Waals surface area contributed by atoms with E-state index < -0.39 is 0 Å². The maximum Gasteiger partial charge on any atom is 0.236 e. The van der Waals surface area contributed by atoms with Gasteiger partial charge in [-0.2, -0.15) is 0 Å². The van der Waals surface area contributed by atoms with E-state index in [0.717, 1.165) is 10.7 Å². The number of aromatic nitrogens is 1. The molecule has 0 spiro atoms. The summed E-state index contributed by atoms with van der Waals surface area (Å²) in [6, 6.07) is -0.177. The number of aryl methyl sites for hydroxylation is 1. The van der Waals surface area contributed by atoms with Crippen molar-refractivity contribution in [3.63, 3.8) is 0 Å². The van der Waals surface area contributed by atoms with Crippen molar-refractivity contribution in [2.75, 3.05) is 7.05 Å². The van der Waals surface area contributed by atoms with Gasteiger partial charge in [0.2, 0.25) is 5.91 Å². The summed E-state index contributed by atoms with van der Waals surface area (Å²) in [6.07, 6.45) is 0. The molecule has 1 amide bonds. The van der Waals surface area contributed by atoms with E-state index in [-0.39, 0.29) is 11.9 Å². The summed E-state index contributed by atoms with van der Waals surface area (Å²) < 4.78 is 0. The summed E-state index contributed by atoms with van der Waals surface area (Å²) in [5.74, 6) is -0.00159. The maximum absolute atomic E-state index is 11.1. The van der Waals surface area contributed by atoms with Crippen molar-refractivity contribution in [3.05, 3.63) is 16.1 Å². The van der Waals surface area contributed by atoms with Gasteiger partial charge in [-0.3, -0.25) is 10.1 Å². The number of hydrogen-bond acceptors (Lipinski definition) is 4. The second-order valence-corrected chi connectivity index (χ2v) is 4.04. The van der Waals surface area contributed by atoms with Crippen molar-refractivity contribution in [3.8, 4) is 0 Å². The van der Waals surface area contributed by atoms with E-state index in [1.807, 2.05) is 19.2 Å². The number of carbonyl (C=O) groups excluding carboxylic acids is 1. The van der Waals surface area contributed by atoms with Gasteiger partial charge in [0.15, 0.2) is 0 Å². The topological polar surface area (TPSA) is 54.0 Å². The number of likely N-dealkylation sites (N-methyl/N-ethyl adjacent to an activating group) is 1. The number of nitrogens with one attached hydrogen (secondary N) is 2. The van der Waals surface area contributed by atoms with Gasteiger partial charge in [-0.1, -0.05) is 0 Å². The van der Waals surface area contributed by atoms with E-state index >= 15 is 0 Å². The minimum atomic E-state index is -0.177. The second-order valence-electron chi connectivity index (χ2n) is 3.10. The third-order valence-corrected chi connectivity index (χ3v) is 2.83. The molecule has 4 nitrogen and oxygen atoms in total. The molecule has 0 fully saturated rings. The van der Waals surface area contributed by atoms with Crippen molar-refractivity contribution in [2.45, 2.75) is 26.4 Å². The standard InChI is InChI=1S/C9H15N3OS/c1-6-5-14-8(12-6)4-11-7(2)9(13)10-3/h5,7,11H,4H2,1-3H3,(H,10,13)/t7-/m1/s1. The van der Waals surface area contributed by atoms with Crippen molar-refractivity contribution in [1.82, 2.24) is 15.6 Å². The highest BCUT2D eigenvalue weighted by Crippen LogP contribution is 2.07. The fourth-order valence-electron chi connectivity index (χ4n) is 1.03. The number of nitrogens with zero attached hydrogens (tertiary/aromatic N) is 1. The zero-order chi connectivity index (χ0) is 10.6. The lowest BCUT2D eigenvalue weighted by Gasteiger charge is -2.10. The number of carbonyl (C=O) groups is 1. The van der Waals surface area contributed by atoms with Crippen LogP contribution in [-0.2, 0) is 11.3 Å². The van der Waals surface area contributed by atoms with Crippen LogP contribution in [0.4, 0.5) is 0 Å². The number of thiazole rings is 1. The fourth-order valence-corrected chi connectivity index (χ4v) is 1.76. The van der Waals surface area contributed by atoms with Crippen LogP contribution in [0.3, 0.4) is 0 Å². The van der Waals surface area contributed by atoms with E-state index in [2.05, 4.69) is 15.6 Å². The number of amides is 1. The molecule has 5 heteroatoms. The van der Waals surface area contributed by atoms with Gasteiger partial charge >= 0.3 is 0 Å². The Hall–Kier alpha value is -0.940. The lowest BCUT2D eigenvalue weighted by atomic mass is 10.3. The SMILES string of the molecule is CNC(=O)[C@@H](C)NCc1nc(C)cs1. The van der Waals surface area contributed by atoms with Crippen LogP contribution in [0.25, 0.3) is 0 Å². The molecule has 14 heavy (non-hydrogen) atoms. The molecular weight excluding hydrogens is 198 g/mol. The Morgan fingerprint density at radius 2 is 2.43 bits per heavy atom. The van der Waals surface area contributed by atoms with Crippen LogP contribution in [0.1, 0.15) is 17.6 Å². The molecule has 1 aromatic rings. The highest BCUT2D eigenvalue weighted by Gasteiger charge is 2.10. The minimum Gasteiger partial charge on any atom is -0.358 e. The Labute approximate surface area is 87.7 Å². The van der Waals surface area contributed by atoms with Crippen LogP contribution in [0.5, 0.6) is 0 Å². The quantitative estimate of drug-likeness (QED) is 0.773. The zero-order valence-electron chi connectivity index (χ0n) is 8.63. The monoisotopic (exact) mass is 213 g/mol. The first-order chi connectivity index (χ1) is 6.63. The van der Waals surface area contributed by atoms with Gasteiger partial charge in [0, 0.05) is 24.7 Å². The molecule has 0 aliphatic rings. The fraction of sp³-hybridized carbons (Fsp3) is 0.556. The molecule has 0 aromatic carbocycles. The highest BCUT2D eigenvalue weighted by atomic mass is 32.1. The Balaban J connectivity index is 2.37. The lowest BCUT2D eigenvalue weighted by Crippen LogP contribution is -2.40. The molecule has 0 saturated heterocycles. The average Bonchev–Trinajstić information content (AvgIpc) is 2.59. The number of rotatable bonds is 4. The molecule has 0 radical (unpaired) electrons. The molecule has 2 N–H and O–H groups in total. The predicted molar refractivity (Wildman–Crippen MR) is 57.2 cm³/mol. The zero-order valence-corrected chi connectivity index (χ0v) is 9.44. The van der Waals surface area contributed by atoms with Gasteiger partial charge in [0.25, 0.3) is 0 Å². The van der Waals surface area contributed by atoms with Gasteiger partial charge in [-0.05, 0) is 13.8 Å². The van der Waals surface area contributed by atoms with Gasteiger partial charge in [-0.25, -0.2) is 4.98 Å². The third-order valence-electron chi connectivity index (χ3n) is 1.87. The molecule has 1 heterocycles.